The molecule has 6 heteroatoms. The van der Waals surface area contributed by atoms with E-state index in [1.807, 2.05) is 30.1 Å². The number of aromatic nitrogens is 4. The van der Waals surface area contributed by atoms with Crippen LogP contribution in [0.3, 0.4) is 0 Å². The summed E-state index contributed by atoms with van der Waals surface area (Å²) < 4.78 is 7.14. The Morgan fingerprint density at radius 1 is 1.15 bits per heavy atom. The third-order valence-electron chi connectivity index (χ3n) is 5.95. The van der Waals surface area contributed by atoms with Gasteiger partial charge < -0.3 is 14.1 Å². The van der Waals surface area contributed by atoms with Gasteiger partial charge in [0.15, 0.2) is 0 Å². The molecule has 3 aromatic heterocycles. The van der Waals surface area contributed by atoms with Crippen molar-refractivity contribution in [2.24, 2.45) is 7.05 Å². The Labute approximate surface area is 200 Å². The number of methoxy groups -OCH3 is 1. The second kappa shape index (κ2) is 10.9. The Balaban J connectivity index is 1.77. The number of pyridine rings is 2. The van der Waals surface area contributed by atoms with Gasteiger partial charge in [0.25, 0.3) is 0 Å². The Hall–Kier alpha value is -3.82. The fourth-order valence-electron chi connectivity index (χ4n) is 4.09. The van der Waals surface area contributed by atoms with Crippen molar-refractivity contribution in [3.05, 3.63) is 88.4 Å². The van der Waals surface area contributed by atoms with Gasteiger partial charge in [-0.05, 0) is 72.4 Å². The van der Waals surface area contributed by atoms with Crippen LogP contribution in [0.1, 0.15) is 34.4 Å². The first kappa shape index (κ1) is 23.3. The molecule has 0 bridgehead atoms. The number of nitrogens with zero attached hydrogens (tertiary/aromatic N) is 5. The summed E-state index contributed by atoms with van der Waals surface area (Å²) in [5.74, 6) is 0. The van der Waals surface area contributed by atoms with Crippen LogP contribution < -0.4 is 0 Å². The van der Waals surface area contributed by atoms with Gasteiger partial charge in [-0.1, -0.05) is 12.2 Å². The predicted molar refractivity (Wildman–Crippen MR) is 137 cm³/mol. The third kappa shape index (κ3) is 5.38. The highest BCUT2D eigenvalue weighted by Crippen LogP contribution is 2.28. The first-order valence-corrected chi connectivity index (χ1v) is 11.4. The van der Waals surface area contributed by atoms with E-state index in [2.05, 4.69) is 58.2 Å². The molecule has 172 valence electrons. The number of fused-ring (bicyclic) bond motifs is 1. The molecule has 0 fully saturated rings. The summed E-state index contributed by atoms with van der Waals surface area (Å²) >= 11 is 0. The highest BCUT2D eigenvalue weighted by atomic mass is 16.5. The maximum Gasteiger partial charge on any atom is 0.218 e. The van der Waals surface area contributed by atoms with Gasteiger partial charge in [-0.15, -0.1) is 0 Å². The average molecular weight is 452 g/mol. The molecule has 0 aliphatic heterocycles. The number of rotatable bonds is 9. The van der Waals surface area contributed by atoms with E-state index in [0.717, 1.165) is 70.5 Å². The topological polar surface area (TPSA) is 57.2 Å². The molecule has 0 saturated heterocycles. The molecule has 1 aromatic carbocycles. The van der Waals surface area contributed by atoms with E-state index in [1.165, 1.54) is 5.56 Å². The minimum Gasteiger partial charge on any atom is -0.385 e. The van der Waals surface area contributed by atoms with E-state index in [9.17, 15) is 0 Å². The lowest BCUT2D eigenvalue weighted by Gasteiger charge is -2.11. The van der Waals surface area contributed by atoms with Crippen LogP contribution in [0.15, 0.2) is 49.1 Å². The van der Waals surface area contributed by atoms with E-state index in [4.69, 9.17) is 16.3 Å². The van der Waals surface area contributed by atoms with Gasteiger partial charge in [0, 0.05) is 44.5 Å². The molecular weight excluding hydrogens is 422 g/mol. The molecule has 6 nitrogen and oxygen atoms in total. The van der Waals surface area contributed by atoms with Crippen LogP contribution in [0.2, 0.25) is 0 Å². The number of hydrogen-bond acceptors (Lipinski definition) is 4. The molecule has 0 amide bonds. The third-order valence-corrected chi connectivity index (χ3v) is 5.95. The molecule has 0 saturated carbocycles. The molecule has 0 N–H and O–H groups in total. The van der Waals surface area contributed by atoms with Crippen LogP contribution in [-0.2, 0) is 24.6 Å². The van der Waals surface area contributed by atoms with Crippen molar-refractivity contribution in [1.29, 1.82) is 0 Å². The van der Waals surface area contributed by atoms with E-state index < -0.39 is 0 Å². The van der Waals surface area contributed by atoms with Crippen molar-refractivity contribution in [3.8, 4) is 11.4 Å². The summed E-state index contributed by atoms with van der Waals surface area (Å²) in [7, 11) is 3.70. The lowest BCUT2D eigenvalue weighted by atomic mass is 9.98. The fraction of sp³-hybridized carbons (Fsp3) is 0.286. The van der Waals surface area contributed by atoms with E-state index in [1.54, 1.807) is 13.4 Å². The maximum absolute atomic E-state index is 7.17. The van der Waals surface area contributed by atoms with Crippen LogP contribution in [0.4, 0.5) is 0 Å². The fourth-order valence-corrected chi connectivity index (χ4v) is 4.09. The Kier molecular flexibility index (Phi) is 7.46. The molecule has 4 aromatic rings. The van der Waals surface area contributed by atoms with Gasteiger partial charge in [-0.2, -0.15) is 0 Å². The summed E-state index contributed by atoms with van der Waals surface area (Å²) in [4.78, 5) is 17.3. The monoisotopic (exact) mass is 451 g/mol. The standard InChI is InChI=1S/C28H29N5O/c1-20-14-26-25(16-22(20)10-11-29-2)23(17-27(32-26)28-18-30-19-33(28)3)8-7-21-9-12-31-24(15-21)6-5-13-34-4/h7-9,12,14-19H,5-6,10-11,13H2,1,3-4H3/b8-7+. The van der Waals surface area contributed by atoms with Crippen LogP contribution in [0.5, 0.6) is 0 Å². The molecule has 0 atom stereocenters. The first-order valence-electron chi connectivity index (χ1n) is 11.4. The zero-order valence-corrected chi connectivity index (χ0v) is 20.0. The first-order chi connectivity index (χ1) is 16.6. The molecular formula is C28H29N5O. The number of benzene rings is 1. The Morgan fingerprint density at radius 3 is 2.79 bits per heavy atom. The summed E-state index contributed by atoms with van der Waals surface area (Å²) in [6.45, 7) is 10.5. The van der Waals surface area contributed by atoms with Gasteiger partial charge in [-0.3, -0.25) is 4.98 Å². The van der Waals surface area contributed by atoms with Crippen molar-refractivity contribution < 1.29 is 4.74 Å². The highest BCUT2D eigenvalue weighted by molar-refractivity contribution is 5.93. The van der Waals surface area contributed by atoms with Crippen molar-refractivity contribution in [2.45, 2.75) is 26.2 Å². The van der Waals surface area contributed by atoms with Gasteiger partial charge in [0.1, 0.15) is 0 Å². The van der Waals surface area contributed by atoms with E-state index in [0.29, 0.717) is 6.54 Å². The lowest BCUT2D eigenvalue weighted by Crippen LogP contribution is -1.98. The Bertz CT molecular complexity index is 1360. The molecule has 0 aliphatic carbocycles. The molecule has 0 unspecified atom stereocenters. The summed E-state index contributed by atoms with van der Waals surface area (Å²) in [5.41, 5.74) is 8.40. The SMILES string of the molecule is [C-]#[N+]CCc1cc2c(/C=C/c3ccnc(CCCOC)c3)cc(-c3cncn3C)nc2cc1C. The second-order valence-corrected chi connectivity index (χ2v) is 8.42. The van der Waals surface area contributed by atoms with Crippen LogP contribution in [0.25, 0.3) is 39.3 Å². The van der Waals surface area contributed by atoms with Crippen molar-refractivity contribution >= 4 is 23.1 Å². The van der Waals surface area contributed by atoms with Crippen molar-refractivity contribution in [2.75, 3.05) is 20.3 Å². The molecule has 0 aliphatic rings. The number of imidazole rings is 1. The van der Waals surface area contributed by atoms with E-state index in [-0.39, 0.29) is 0 Å². The van der Waals surface area contributed by atoms with Crippen molar-refractivity contribution in [1.82, 2.24) is 19.5 Å². The quantitative estimate of drug-likeness (QED) is 0.247. The number of aryl methyl sites for hydroxylation is 3. The smallest absolute Gasteiger partial charge is 0.218 e. The number of ether oxygens (including phenoxy) is 1. The highest BCUT2D eigenvalue weighted by Gasteiger charge is 2.12. The van der Waals surface area contributed by atoms with Crippen molar-refractivity contribution in [3.63, 3.8) is 0 Å². The Morgan fingerprint density at radius 2 is 2.03 bits per heavy atom. The molecule has 4 rings (SSSR count). The van der Waals surface area contributed by atoms with E-state index >= 15 is 0 Å². The van der Waals surface area contributed by atoms with Crippen LogP contribution in [0, 0.1) is 13.5 Å². The molecule has 0 spiro atoms. The normalized spacial score (nSPS) is 11.4. The van der Waals surface area contributed by atoms with Gasteiger partial charge in [0.05, 0.1) is 29.4 Å². The second-order valence-electron chi connectivity index (χ2n) is 8.42. The molecule has 3 heterocycles. The van der Waals surface area contributed by atoms with Crippen LogP contribution in [-0.4, -0.2) is 39.8 Å². The summed E-state index contributed by atoms with van der Waals surface area (Å²) in [5, 5.41) is 1.09. The minimum absolute atomic E-state index is 0.487. The lowest BCUT2D eigenvalue weighted by molar-refractivity contribution is 0.195. The summed E-state index contributed by atoms with van der Waals surface area (Å²) in [6.07, 6.45) is 12.3. The van der Waals surface area contributed by atoms with Crippen LogP contribution >= 0.6 is 0 Å². The zero-order chi connectivity index (χ0) is 23.9. The average Bonchev–Trinajstić information content (AvgIpc) is 3.27. The van der Waals surface area contributed by atoms with Gasteiger partial charge in [-0.25, -0.2) is 16.5 Å². The number of hydrogen-bond donors (Lipinski definition) is 0. The van der Waals surface area contributed by atoms with Gasteiger partial charge >= 0.3 is 0 Å². The largest absolute Gasteiger partial charge is 0.385 e. The minimum atomic E-state index is 0.487. The maximum atomic E-state index is 7.17. The summed E-state index contributed by atoms with van der Waals surface area (Å²) in [6, 6.07) is 10.6. The molecule has 0 radical (unpaired) electrons. The predicted octanol–water partition coefficient (Wildman–Crippen LogP) is 5.55. The van der Waals surface area contributed by atoms with Gasteiger partial charge in [0.2, 0.25) is 6.54 Å². The zero-order valence-electron chi connectivity index (χ0n) is 20.0. The molecule has 34 heavy (non-hydrogen) atoms.